The number of carbonyl (C=O) groups is 1. The lowest BCUT2D eigenvalue weighted by atomic mass is 9.65. The van der Waals surface area contributed by atoms with Crippen molar-refractivity contribution in [2.24, 2.45) is 11.3 Å². The third kappa shape index (κ3) is 7.98. The Kier molecular flexibility index (Phi) is 12.0. The SMILES string of the molecule is COc1ccc(CCN(C)CCCC(CCc2ccc(OC)c(OC)c2)(Cc2cccc3c2C(=O)OC32c3ccc(O)cc3Oc3cc(O)ccc32)C(C)C)cc1OC. The summed E-state index contributed by atoms with van der Waals surface area (Å²) in [6.07, 6.45) is 5.10. The fourth-order valence-electron chi connectivity index (χ4n) is 9.02. The molecule has 310 valence electrons. The summed E-state index contributed by atoms with van der Waals surface area (Å²) in [6.45, 7) is 6.38. The Morgan fingerprint density at radius 3 is 1.81 bits per heavy atom. The Bertz CT molecular complexity index is 2270. The summed E-state index contributed by atoms with van der Waals surface area (Å²) in [5.41, 5.74) is 4.22. The average molecular weight is 802 g/mol. The predicted octanol–water partition coefficient (Wildman–Crippen LogP) is 9.47. The summed E-state index contributed by atoms with van der Waals surface area (Å²) in [4.78, 5) is 16.8. The lowest BCUT2D eigenvalue weighted by Crippen LogP contribution is -2.33. The van der Waals surface area contributed by atoms with Crippen molar-refractivity contribution in [1.82, 2.24) is 4.90 Å². The van der Waals surface area contributed by atoms with Crippen molar-refractivity contribution in [2.45, 2.75) is 58.0 Å². The van der Waals surface area contributed by atoms with E-state index < -0.39 is 11.6 Å². The number of nitrogens with zero attached hydrogens (tertiary/aromatic N) is 1. The highest BCUT2D eigenvalue weighted by Gasteiger charge is 2.54. The third-order valence-electron chi connectivity index (χ3n) is 12.5. The van der Waals surface area contributed by atoms with Crippen LogP contribution in [0.4, 0.5) is 0 Å². The number of fused-ring (bicyclic) bond motifs is 6. The van der Waals surface area contributed by atoms with Crippen LogP contribution in [0.1, 0.15) is 76.8 Å². The van der Waals surface area contributed by atoms with Gasteiger partial charge in [0.15, 0.2) is 28.6 Å². The van der Waals surface area contributed by atoms with E-state index in [0.717, 1.165) is 73.4 Å². The van der Waals surface area contributed by atoms with Gasteiger partial charge in [-0.05, 0) is 129 Å². The fraction of sp³-hybridized carbons (Fsp3) is 0.367. The van der Waals surface area contributed by atoms with Gasteiger partial charge in [-0.1, -0.05) is 44.2 Å². The topological polar surface area (TPSA) is 116 Å². The summed E-state index contributed by atoms with van der Waals surface area (Å²) in [5, 5.41) is 20.9. The van der Waals surface area contributed by atoms with Gasteiger partial charge in [0.2, 0.25) is 0 Å². The molecule has 0 aliphatic carbocycles. The molecule has 2 aliphatic heterocycles. The number of aryl methyl sites for hydroxylation is 1. The summed E-state index contributed by atoms with van der Waals surface area (Å²) >= 11 is 0. The first kappa shape index (κ1) is 41.3. The number of hydrogen-bond donors (Lipinski definition) is 2. The highest BCUT2D eigenvalue weighted by Crippen LogP contribution is 2.58. The van der Waals surface area contributed by atoms with Gasteiger partial charge in [-0.3, -0.25) is 0 Å². The quantitative estimate of drug-likeness (QED) is 0.0882. The van der Waals surface area contributed by atoms with Crippen LogP contribution in [0.25, 0.3) is 0 Å². The lowest BCUT2D eigenvalue weighted by molar-refractivity contribution is 0.0223. The number of hydrogen-bond acceptors (Lipinski definition) is 10. The smallest absolute Gasteiger partial charge is 0.340 e. The zero-order valence-corrected chi connectivity index (χ0v) is 35.1. The van der Waals surface area contributed by atoms with Crippen molar-refractivity contribution in [2.75, 3.05) is 48.6 Å². The first-order chi connectivity index (χ1) is 28.4. The molecule has 5 aromatic carbocycles. The van der Waals surface area contributed by atoms with Gasteiger partial charge < -0.3 is 43.5 Å². The van der Waals surface area contributed by atoms with Gasteiger partial charge in [0, 0.05) is 35.4 Å². The molecule has 10 heteroatoms. The minimum absolute atomic E-state index is 0.0172. The van der Waals surface area contributed by atoms with Gasteiger partial charge in [0.1, 0.15) is 23.0 Å². The molecule has 2 aliphatic rings. The van der Waals surface area contributed by atoms with Crippen LogP contribution in [0.5, 0.6) is 46.0 Å². The van der Waals surface area contributed by atoms with Gasteiger partial charge >= 0.3 is 5.97 Å². The van der Waals surface area contributed by atoms with E-state index >= 15 is 0 Å². The molecule has 0 fully saturated rings. The normalized spacial score (nSPS) is 14.6. The van der Waals surface area contributed by atoms with Crippen LogP contribution in [-0.4, -0.2) is 69.7 Å². The molecule has 0 radical (unpaired) electrons. The van der Waals surface area contributed by atoms with Gasteiger partial charge in [0.25, 0.3) is 0 Å². The number of phenols is 2. The molecule has 10 nitrogen and oxygen atoms in total. The van der Waals surface area contributed by atoms with Crippen molar-refractivity contribution in [3.63, 3.8) is 0 Å². The zero-order chi connectivity index (χ0) is 41.9. The lowest BCUT2D eigenvalue weighted by Gasteiger charge is -2.40. The van der Waals surface area contributed by atoms with E-state index in [9.17, 15) is 15.0 Å². The minimum Gasteiger partial charge on any atom is -0.508 e. The van der Waals surface area contributed by atoms with Crippen molar-refractivity contribution in [3.8, 4) is 46.0 Å². The van der Waals surface area contributed by atoms with Crippen LogP contribution < -0.4 is 23.7 Å². The van der Waals surface area contributed by atoms with E-state index in [1.165, 1.54) is 17.7 Å². The van der Waals surface area contributed by atoms with Crippen molar-refractivity contribution in [3.05, 3.63) is 130 Å². The van der Waals surface area contributed by atoms with E-state index in [1.807, 2.05) is 30.3 Å². The molecule has 1 spiro atoms. The number of carbonyl (C=O) groups excluding carboxylic acids is 1. The number of esters is 1. The van der Waals surface area contributed by atoms with Crippen LogP contribution in [0.2, 0.25) is 0 Å². The first-order valence-electron chi connectivity index (χ1n) is 20.3. The number of benzene rings is 5. The second-order valence-electron chi connectivity index (χ2n) is 16.1. The second-order valence-corrected chi connectivity index (χ2v) is 16.1. The Balaban J connectivity index is 1.21. The Morgan fingerprint density at radius 2 is 1.25 bits per heavy atom. The molecule has 1 atom stereocenters. The number of methoxy groups -OCH3 is 4. The summed E-state index contributed by atoms with van der Waals surface area (Å²) in [7, 11) is 8.78. The maximum Gasteiger partial charge on any atom is 0.340 e. The monoisotopic (exact) mass is 801 g/mol. The molecular formula is C49H55NO9. The Hall–Kier alpha value is -5.87. The number of phenolic OH excluding ortho intramolecular Hbond substituents is 2. The summed E-state index contributed by atoms with van der Waals surface area (Å²) < 4.78 is 34.9. The van der Waals surface area contributed by atoms with E-state index in [1.54, 1.807) is 52.7 Å². The number of rotatable bonds is 17. The van der Waals surface area contributed by atoms with E-state index in [0.29, 0.717) is 46.1 Å². The predicted molar refractivity (Wildman–Crippen MR) is 227 cm³/mol. The Morgan fingerprint density at radius 1 is 0.678 bits per heavy atom. The van der Waals surface area contributed by atoms with Crippen molar-refractivity contribution in [1.29, 1.82) is 0 Å². The summed E-state index contributed by atoms with van der Waals surface area (Å²) in [6, 6.07) is 27.9. The molecule has 0 saturated heterocycles. The molecule has 7 rings (SSSR count). The Labute approximate surface area is 347 Å². The van der Waals surface area contributed by atoms with Crippen molar-refractivity contribution >= 4 is 5.97 Å². The van der Waals surface area contributed by atoms with Gasteiger partial charge in [-0.25, -0.2) is 4.79 Å². The molecule has 59 heavy (non-hydrogen) atoms. The van der Waals surface area contributed by atoms with Crippen LogP contribution in [0.15, 0.2) is 91.0 Å². The molecule has 5 aromatic rings. The zero-order valence-electron chi connectivity index (χ0n) is 35.1. The second kappa shape index (κ2) is 17.2. The van der Waals surface area contributed by atoms with Gasteiger partial charge in [0.05, 0.1) is 34.0 Å². The first-order valence-corrected chi connectivity index (χ1v) is 20.3. The maximum absolute atomic E-state index is 14.4. The van der Waals surface area contributed by atoms with Gasteiger partial charge in [-0.2, -0.15) is 0 Å². The van der Waals surface area contributed by atoms with E-state index in [4.69, 9.17) is 28.4 Å². The number of ether oxygens (including phenoxy) is 6. The van der Waals surface area contributed by atoms with Crippen LogP contribution in [0.3, 0.4) is 0 Å². The molecule has 2 heterocycles. The van der Waals surface area contributed by atoms with Crippen LogP contribution in [-0.2, 0) is 29.6 Å². The molecule has 0 amide bonds. The fourth-order valence-corrected chi connectivity index (χ4v) is 9.02. The van der Waals surface area contributed by atoms with E-state index in [-0.39, 0.29) is 22.8 Å². The average Bonchev–Trinajstić information content (AvgIpc) is 3.53. The molecule has 2 N–H and O–H groups in total. The third-order valence-corrected chi connectivity index (χ3v) is 12.5. The molecule has 0 aromatic heterocycles. The van der Waals surface area contributed by atoms with E-state index in [2.05, 4.69) is 50.1 Å². The highest BCUT2D eigenvalue weighted by atomic mass is 16.6. The standard InChI is InChI=1S/C49H55NO9/c1-31(2)48(23-20-32-12-18-40(54-4)44(26-32)56-6,22-9-24-50(3)25-21-33-13-19-41(55-5)45(27-33)57-7)30-34-10-8-11-39-46(34)47(53)59-49(39)37-16-14-35(51)28-42(37)58-43-29-36(52)15-17-38(43)49/h8,10-19,26-29,31,51-52H,9,20-25,30H2,1-7H3. The largest absolute Gasteiger partial charge is 0.508 e. The van der Waals surface area contributed by atoms with Gasteiger partial charge in [-0.15, -0.1) is 0 Å². The van der Waals surface area contributed by atoms with Crippen molar-refractivity contribution < 1.29 is 43.4 Å². The summed E-state index contributed by atoms with van der Waals surface area (Å²) in [5.74, 6) is 3.44. The number of aromatic hydroxyl groups is 2. The van der Waals surface area contributed by atoms with Crippen LogP contribution >= 0.6 is 0 Å². The minimum atomic E-state index is -1.33. The van der Waals surface area contributed by atoms with Crippen LogP contribution in [0, 0.1) is 11.3 Å². The highest BCUT2D eigenvalue weighted by molar-refractivity contribution is 5.98. The molecule has 0 bridgehead atoms. The molecule has 0 saturated carbocycles. The maximum atomic E-state index is 14.4. The molecular weight excluding hydrogens is 747 g/mol. The molecule has 1 unspecified atom stereocenters. The number of likely N-dealkylation sites (N-methyl/N-ethyl adjacent to an activating group) is 1.